The zero-order valence-corrected chi connectivity index (χ0v) is 10.8. The normalized spacial score (nSPS) is 10.0. The van der Waals surface area contributed by atoms with Crippen LogP contribution < -0.4 is 15.8 Å². The van der Waals surface area contributed by atoms with Crippen LogP contribution in [0.2, 0.25) is 0 Å². The Labute approximate surface area is 106 Å². The summed E-state index contributed by atoms with van der Waals surface area (Å²) in [4.78, 5) is 11.4. The summed E-state index contributed by atoms with van der Waals surface area (Å²) in [5.74, 6) is 2.14. The SMILES string of the molecule is COc1ccc(CNC(=O)CSCCN)cc1. The van der Waals surface area contributed by atoms with E-state index in [4.69, 9.17) is 10.5 Å². The molecule has 0 fully saturated rings. The number of nitrogens with two attached hydrogens (primary N) is 1. The molecule has 0 atom stereocenters. The summed E-state index contributed by atoms with van der Waals surface area (Å²) in [5, 5.41) is 2.85. The number of methoxy groups -OCH3 is 1. The third-order valence-corrected chi connectivity index (χ3v) is 3.13. The molecule has 0 saturated heterocycles. The average molecular weight is 254 g/mol. The van der Waals surface area contributed by atoms with E-state index < -0.39 is 0 Å². The summed E-state index contributed by atoms with van der Waals surface area (Å²) in [5.41, 5.74) is 6.40. The minimum Gasteiger partial charge on any atom is -0.497 e. The molecule has 0 unspecified atom stereocenters. The number of ether oxygens (including phenoxy) is 1. The fraction of sp³-hybridized carbons (Fsp3) is 0.417. The van der Waals surface area contributed by atoms with Gasteiger partial charge in [0, 0.05) is 18.8 Å². The second-order valence-corrected chi connectivity index (χ2v) is 4.57. The lowest BCUT2D eigenvalue weighted by Crippen LogP contribution is -2.25. The van der Waals surface area contributed by atoms with E-state index >= 15 is 0 Å². The molecule has 0 heterocycles. The summed E-state index contributed by atoms with van der Waals surface area (Å²) in [6, 6.07) is 7.63. The molecular formula is C12H18N2O2S. The fourth-order valence-corrected chi connectivity index (χ4v) is 1.84. The van der Waals surface area contributed by atoms with Crippen LogP contribution in [-0.2, 0) is 11.3 Å². The maximum absolute atomic E-state index is 11.4. The molecule has 0 spiro atoms. The summed E-state index contributed by atoms with van der Waals surface area (Å²) in [6.07, 6.45) is 0. The first kappa shape index (κ1) is 13.9. The minimum absolute atomic E-state index is 0.0410. The Morgan fingerprint density at radius 2 is 2.12 bits per heavy atom. The molecule has 1 rings (SSSR count). The molecule has 1 aromatic carbocycles. The molecule has 0 aromatic heterocycles. The standard InChI is InChI=1S/C12H18N2O2S/c1-16-11-4-2-10(3-5-11)8-14-12(15)9-17-7-6-13/h2-5H,6-9,13H2,1H3,(H,14,15). The van der Waals surface area contributed by atoms with Gasteiger partial charge in [-0.1, -0.05) is 12.1 Å². The maximum Gasteiger partial charge on any atom is 0.230 e. The van der Waals surface area contributed by atoms with Gasteiger partial charge in [0.2, 0.25) is 5.91 Å². The van der Waals surface area contributed by atoms with Crippen LogP contribution in [0.1, 0.15) is 5.56 Å². The smallest absolute Gasteiger partial charge is 0.230 e. The lowest BCUT2D eigenvalue weighted by molar-refractivity contribution is -0.118. The zero-order chi connectivity index (χ0) is 12.5. The first-order valence-electron chi connectivity index (χ1n) is 5.43. The summed E-state index contributed by atoms with van der Waals surface area (Å²) in [7, 11) is 1.63. The van der Waals surface area contributed by atoms with E-state index in [0.29, 0.717) is 18.8 Å². The number of carbonyl (C=O) groups is 1. The van der Waals surface area contributed by atoms with Gasteiger partial charge in [0.15, 0.2) is 0 Å². The Morgan fingerprint density at radius 1 is 1.41 bits per heavy atom. The molecule has 1 aromatic rings. The van der Waals surface area contributed by atoms with Crippen LogP contribution in [0, 0.1) is 0 Å². The van der Waals surface area contributed by atoms with E-state index in [2.05, 4.69) is 5.32 Å². The number of benzene rings is 1. The van der Waals surface area contributed by atoms with E-state index in [0.717, 1.165) is 17.1 Å². The van der Waals surface area contributed by atoms with E-state index in [1.165, 1.54) is 0 Å². The average Bonchev–Trinajstić information content (AvgIpc) is 2.37. The van der Waals surface area contributed by atoms with Crippen molar-refractivity contribution < 1.29 is 9.53 Å². The number of hydrogen-bond donors (Lipinski definition) is 2. The monoisotopic (exact) mass is 254 g/mol. The van der Waals surface area contributed by atoms with Crippen LogP contribution in [0.3, 0.4) is 0 Å². The Balaban J connectivity index is 2.27. The van der Waals surface area contributed by atoms with Crippen LogP contribution >= 0.6 is 11.8 Å². The van der Waals surface area contributed by atoms with Crippen molar-refractivity contribution in [2.45, 2.75) is 6.54 Å². The van der Waals surface area contributed by atoms with Crippen LogP contribution in [0.5, 0.6) is 5.75 Å². The molecule has 5 heteroatoms. The van der Waals surface area contributed by atoms with E-state index in [9.17, 15) is 4.79 Å². The van der Waals surface area contributed by atoms with Gasteiger partial charge in [-0.3, -0.25) is 4.79 Å². The van der Waals surface area contributed by atoms with E-state index in [1.807, 2.05) is 24.3 Å². The number of hydrogen-bond acceptors (Lipinski definition) is 4. The Kier molecular flexibility index (Phi) is 6.50. The Hall–Kier alpha value is -1.20. The zero-order valence-electron chi connectivity index (χ0n) is 9.94. The van der Waals surface area contributed by atoms with E-state index in [-0.39, 0.29) is 5.91 Å². The second-order valence-electron chi connectivity index (χ2n) is 3.47. The van der Waals surface area contributed by atoms with Crippen molar-refractivity contribution in [1.29, 1.82) is 0 Å². The number of rotatable bonds is 7. The lowest BCUT2D eigenvalue weighted by atomic mass is 10.2. The topological polar surface area (TPSA) is 64.3 Å². The van der Waals surface area contributed by atoms with Gasteiger partial charge >= 0.3 is 0 Å². The molecule has 0 aliphatic rings. The Bertz CT molecular complexity index is 341. The fourth-order valence-electron chi connectivity index (χ4n) is 1.24. The van der Waals surface area contributed by atoms with Crippen molar-refractivity contribution in [2.75, 3.05) is 25.2 Å². The van der Waals surface area contributed by atoms with Gasteiger partial charge < -0.3 is 15.8 Å². The predicted octanol–water partition coefficient (Wildman–Crippen LogP) is 1.00. The van der Waals surface area contributed by atoms with Crippen molar-refractivity contribution in [3.8, 4) is 5.75 Å². The van der Waals surface area contributed by atoms with E-state index in [1.54, 1.807) is 18.9 Å². The van der Waals surface area contributed by atoms with Crippen molar-refractivity contribution in [1.82, 2.24) is 5.32 Å². The minimum atomic E-state index is 0.0410. The maximum atomic E-state index is 11.4. The molecule has 0 radical (unpaired) electrons. The van der Waals surface area contributed by atoms with Gasteiger partial charge in [0.25, 0.3) is 0 Å². The van der Waals surface area contributed by atoms with Crippen LogP contribution in [-0.4, -0.2) is 31.1 Å². The first-order valence-corrected chi connectivity index (χ1v) is 6.59. The molecule has 4 nitrogen and oxygen atoms in total. The first-order chi connectivity index (χ1) is 8.26. The van der Waals surface area contributed by atoms with Crippen LogP contribution in [0.15, 0.2) is 24.3 Å². The molecule has 0 aliphatic carbocycles. The molecule has 17 heavy (non-hydrogen) atoms. The molecule has 0 saturated carbocycles. The van der Waals surface area contributed by atoms with Gasteiger partial charge in [-0.15, -0.1) is 0 Å². The largest absolute Gasteiger partial charge is 0.497 e. The van der Waals surface area contributed by atoms with Gasteiger partial charge in [-0.25, -0.2) is 0 Å². The van der Waals surface area contributed by atoms with Gasteiger partial charge in [0.05, 0.1) is 12.9 Å². The molecule has 94 valence electrons. The number of thioether (sulfide) groups is 1. The highest BCUT2D eigenvalue weighted by molar-refractivity contribution is 7.99. The number of carbonyl (C=O) groups excluding carboxylic acids is 1. The second kappa shape index (κ2) is 7.97. The van der Waals surface area contributed by atoms with Crippen molar-refractivity contribution in [2.24, 2.45) is 5.73 Å². The van der Waals surface area contributed by atoms with Gasteiger partial charge in [0.1, 0.15) is 5.75 Å². The van der Waals surface area contributed by atoms with Gasteiger partial charge in [-0.05, 0) is 17.7 Å². The van der Waals surface area contributed by atoms with Crippen molar-refractivity contribution in [3.05, 3.63) is 29.8 Å². The molecule has 0 bridgehead atoms. The lowest BCUT2D eigenvalue weighted by Gasteiger charge is -2.06. The third-order valence-electron chi connectivity index (χ3n) is 2.14. The summed E-state index contributed by atoms with van der Waals surface area (Å²) in [6.45, 7) is 1.16. The predicted molar refractivity (Wildman–Crippen MR) is 71.2 cm³/mol. The molecule has 1 amide bonds. The van der Waals surface area contributed by atoms with Crippen molar-refractivity contribution >= 4 is 17.7 Å². The quantitative estimate of drug-likeness (QED) is 0.713. The Morgan fingerprint density at radius 3 is 2.71 bits per heavy atom. The number of nitrogens with one attached hydrogen (secondary N) is 1. The highest BCUT2D eigenvalue weighted by atomic mass is 32.2. The molecule has 0 aliphatic heterocycles. The van der Waals surface area contributed by atoms with Crippen LogP contribution in [0.25, 0.3) is 0 Å². The third kappa shape index (κ3) is 5.60. The molecular weight excluding hydrogens is 236 g/mol. The van der Waals surface area contributed by atoms with Crippen molar-refractivity contribution in [3.63, 3.8) is 0 Å². The summed E-state index contributed by atoms with van der Waals surface area (Å²) >= 11 is 1.55. The summed E-state index contributed by atoms with van der Waals surface area (Å²) < 4.78 is 5.06. The highest BCUT2D eigenvalue weighted by Crippen LogP contribution is 2.10. The number of amides is 1. The highest BCUT2D eigenvalue weighted by Gasteiger charge is 2.01. The van der Waals surface area contributed by atoms with Crippen LogP contribution in [0.4, 0.5) is 0 Å². The molecule has 3 N–H and O–H groups in total. The van der Waals surface area contributed by atoms with Gasteiger partial charge in [-0.2, -0.15) is 11.8 Å².